The van der Waals surface area contributed by atoms with Crippen LogP contribution in [0.1, 0.15) is 51.1 Å². The number of rotatable bonds is 9. The molecule has 0 spiro atoms. The van der Waals surface area contributed by atoms with E-state index in [1.165, 1.54) is 0 Å². The summed E-state index contributed by atoms with van der Waals surface area (Å²) in [6, 6.07) is 9.39. The fourth-order valence-corrected chi connectivity index (χ4v) is 19.3. The van der Waals surface area contributed by atoms with Crippen LogP contribution < -0.4 is 0 Å². The van der Waals surface area contributed by atoms with Gasteiger partial charge in [-0.15, -0.1) is 0 Å². The van der Waals surface area contributed by atoms with Crippen LogP contribution in [0.4, 0.5) is 4.79 Å². The summed E-state index contributed by atoms with van der Waals surface area (Å²) in [7, 11) is -3.36. The molecule has 0 aromatic heterocycles. The number of carbonyl (C=O) groups is 2. The lowest BCUT2D eigenvalue weighted by molar-refractivity contribution is -0.176. The number of carbonyl (C=O) groups excluding carboxylic acids is 2. The Morgan fingerprint density at radius 1 is 0.969 bits per heavy atom. The van der Waals surface area contributed by atoms with Gasteiger partial charge in [-0.2, -0.15) is 0 Å². The second-order valence-corrected chi connectivity index (χ2v) is 22.9. The average molecular weight is 475 g/mol. The molecule has 0 radical (unpaired) electrons. The molecule has 2 fully saturated rings. The minimum absolute atomic E-state index is 0.140. The molecule has 2 heterocycles. The third-order valence-corrected chi connectivity index (χ3v) is 16.1. The highest BCUT2D eigenvalue weighted by molar-refractivity contribution is 6.96. The summed E-state index contributed by atoms with van der Waals surface area (Å²) in [5.41, 5.74) is 0.737. The molecule has 3 rings (SSSR count). The van der Waals surface area contributed by atoms with Crippen LogP contribution in [0, 0.1) is 0 Å². The minimum Gasteiger partial charge on any atom is -0.447 e. The van der Waals surface area contributed by atoms with E-state index in [0.717, 1.165) is 31.2 Å². The largest absolute Gasteiger partial charge is 0.447 e. The van der Waals surface area contributed by atoms with E-state index in [9.17, 15) is 9.59 Å². The fraction of sp³-hybridized carbons (Fsp3) is 0.680. The van der Waals surface area contributed by atoms with Crippen molar-refractivity contribution in [2.75, 3.05) is 6.61 Å². The number of likely N-dealkylation sites (tertiary alicyclic amines) is 1. The minimum atomic E-state index is -1.68. The summed E-state index contributed by atoms with van der Waals surface area (Å²) in [4.78, 5) is 31.2. The van der Waals surface area contributed by atoms with Gasteiger partial charge in [-0.25, -0.2) is 4.79 Å². The van der Waals surface area contributed by atoms with Gasteiger partial charge in [-0.1, -0.05) is 96.3 Å². The van der Waals surface area contributed by atoms with Crippen molar-refractivity contribution in [2.45, 2.75) is 102 Å². The quantitative estimate of drug-likeness (QED) is 0.333. The van der Waals surface area contributed by atoms with Gasteiger partial charge in [0.25, 0.3) is 0 Å². The first-order valence-electron chi connectivity index (χ1n) is 12.2. The molecule has 2 aliphatic heterocycles. The molecule has 0 saturated carbocycles. The van der Waals surface area contributed by atoms with Crippen molar-refractivity contribution < 1.29 is 14.3 Å². The van der Waals surface area contributed by atoms with Crippen molar-refractivity contribution in [3.8, 4) is 0 Å². The summed E-state index contributed by atoms with van der Waals surface area (Å²) >= 11 is 0. The summed E-state index contributed by atoms with van der Waals surface area (Å²) < 4.78 is 5.55. The van der Waals surface area contributed by atoms with Crippen LogP contribution >= 0.6 is 0 Å². The zero-order valence-corrected chi connectivity index (χ0v) is 23.3. The van der Waals surface area contributed by atoms with Gasteiger partial charge in [0.05, 0.1) is 27.7 Å². The van der Waals surface area contributed by atoms with E-state index < -0.39 is 22.2 Å². The number of benzene rings is 1. The molecule has 0 bridgehead atoms. The molecular formula is C25H42N2O3Si2. The SMILES string of the molecule is CCCC1(CCC)[C@H](N2C(=O)OC[C@@H]2c2ccccc2)C(=O)N1C([Si](C)(C)C)[Si](C)(C)C. The summed E-state index contributed by atoms with van der Waals surface area (Å²) in [6.45, 7) is 19.1. The van der Waals surface area contributed by atoms with Crippen molar-refractivity contribution in [1.29, 1.82) is 0 Å². The average Bonchev–Trinajstić information content (AvgIpc) is 3.06. The van der Waals surface area contributed by atoms with Gasteiger partial charge < -0.3 is 9.64 Å². The Hall–Kier alpha value is -1.61. The van der Waals surface area contributed by atoms with Gasteiger partial charge in [0.15, 0.2) is 0 Å². The molecule has 2 saturated heterocycles. The van der Waals surface area contributed by atoms with Gasteiger partial charge in [-0.3, -0.25) is 9.69 Å². The molecule has 2 atom stereocenters. The van der Waals surface area contributed by atoms with Gasteiger partial charge in [0.1, 0.15) is 12.6 Å². The summed E-state index contributed by atoms with van der Waals surface area (Å²) in [5.74, 6) is 0.140. The molecule has 0 N–H and O–H groups in total. The maximum absolute atomic E-state index is 14.1. The van der Waals surface area contributed by atoms with Crippen LogP contribution in [0.15, 0.2) is 30.3 Å². The maximum Gasteiger partial charge on any atom is 0.411 e. The van der Waals surface area contributed by atoms with Crippen LogP contribution in [-0.2, 0) is 9.53 Å². The highest BCUT2D eigenvalue weighted by atomic mass is 28.4. The van der Waals surface area contributed by atoms with E-state index in [4.69, 9.17) is 4.74 Å². The smallest absolute Gasteiger partial charge is 0.411 e. The lowest BCUT2D eigenvalue weighted by Crippen LogP contribution is -2.85. The highest BCUT2D eigenvalue weighted by Gasteiger charge is 2.68. The van der Waals surface area contributed by atoms with Gasteiger partial charge in [0, 0.05) is 5.29 Å². The molecule has 5 nitrogen and oxygen atoms in total. The van der Waals surface area contributed by atoms with Crippen molar-refractivity contribution in [1.82, 2.24) is 9.80 Å². The van der Waals surface area contributed by atoms with E-state index in [1.807, 2.05) is 30.3 Å². The number of amides is 2. The van der Waals surface area contributed by atoms with E-state index in [2.05, 4.69) is 58.0 Å². The first kappa shape index (κ1) is 25.0. The number of hydrogen-bond acceptors (Lipinski definition) is 3. The third kappa shape index (κ3) is 4.18. The van der Waals surface area contributed by atoms with E-state index in [-0.39, 0.29) is 23.6 Å². The van der Waals surface area contributed by atoms with Crippen molar-refractivity contribution in [3.63, 3.8) is 0 Å². The van der Waals surface area contributed by atoms with Gasteiger partial charge in [0.2, 0.25) is 5.91 Å². The fourth-order valence-electron chi connectivity index (χ4n) is 6.64. The highest BCUT2D eigenvalue weighted by Crippen LogP contribution is 2.50. The first-order chi connectivity index (χ1) is 14.9. The van der Waals surface area contributed by atoms with E-state index in [1.54, 1.807) is 4.90 Å². The Balaban J connectivity index is 2.11. The zero-order valence-electron chi connectivity index (χ0n) is 21.3. The van der Waals surface area contributed by atoms with Crippen molar-refractivity contribution in [2.24, 2.45) is 0 Å². The van der Waals surface area contributed by atoms with Gasteiger partial charge >= 0.3 is 6.09 Å². The van der Waals surface area contributed by atoms with Crippen LogP contribution in [0.2, 0.25) is 39.3 Å². The predicted octanol–water partition coefficient (Wildman–Crippen LogP) is 5.85. The second-order valence-electron chi connectivity index (χ2n) is 11.8. The second kappa shape index (κ2) is 8.97. The maximum atomic E-state index is 14.1. The van der Waals surface area contributed by atoms with Crippen LogP contribution in [0.25, 0.3) is 0 Å². The van der Waals surface area contributed by atoms with Crippen LogP contribution in [-0.4, -0.2) is 61.4 Å². The summed E-state index contributed by atoms with van der Waals surface area (Å²) in [6.07, 6.45) is 3.49. The number of β-lactam (4-membered cyclic amide) rings is 1. The lowest BCUT2D eigenvalue weighted by Gasteiger charge is -2.66. The van der Waals surface area contributed by atoms with E-state index >= 15 is 0 Å². The molecule has 0 unspecified atom stereocenters. The Labute approximate surface area is 196 Å². The summed E-state index contributed by atoms with van der Waals surface area (Å²) in [5, 5.41) is 0.339. The van der Waals surface area contributed by atoms with Crippen molar-refractivity contribution in [3.05, 3.63) is 35.9 Å². The molecule has 2 aliphatic rings. The molecular weight excluding hydrogens is 432 g/mol. The Bertz CT molecular complexity index is 812. The molecule has 1 aromatic rings. The number of hydrogen-bond donors (Lipinski definition) is 0. The lowest BCUT2D eigenvalue weighted by atomic mass is 9.71. The zero-order chi connectivity index (χ0) is 23.9. The van der Waals surface area contributed by atoms with E-state index in [0.29, 0.717) is 11.9 Å². The number of ether oxygens (including phenoxy) is 1. The van der Waals surface area contributed by atoms with Crippen molar-refractivity contribution >= 4 is 28.1 Å². The molecule has 0 aliphatic carbocycles. The molecule has 32 heavy (non-hydrogen) atoms. The number of nitrogens with zero attached hydrogens (tertiary/aromatic N) is 2. The molecule has 2 amide bonds. The topological polar surface area (TPSA) is 49.9 Å². The van der Waals surface area contributed by atoms with Crippen LogP contribution in [0.5, 0.6) is 0 Å². The van der Waals surface area contributed by atoms with Crippen LogP contribution in [0.3, 0.4) is 0 Å². The number of cyclic esters (lactones) is 1. The Kier molecular flexibility index (Phi) is 7.02. The molecule has 1 aromatic carbocycles. The standard InChI is InChI=1S/C25H42N2O3Si2/c1-9-16-25(17-10-2)21(22(28)27(25)24(31(3,4)5)32(6,7)8)26-20(18-30-23(26)29)19-14-12-11-13-15-19/h11-15,20-21,24H,9-10,16-18H2,1-8H3/t20-,21-/m1/s1. The molecule has 178 valence electrons. The normalized spacial score (nSPS) is 23.5. The third-order valence-electron chi connectivity index (χ3n) is 7.10. The Morgan fingerprint density at radius 3 is 1.97 bits per heavy atom. The monoisotopic (exact) mass is 474 g/mol. The first-order valence-corrected chi connectivity index (χ1v) is 19.4. The Morgan fingerprint density at radius 2 is 1.50 bits per heavy atom. The predicted molar refractivity (Wildman–Crippen MR) is 136 cm³/mol. The van der Waals surface area contributed by atoms with Gasteiger partial charge in [-0.05, 0) is 18.4 Å². The molecule has 7 heteroatoms.